The van der Waals surface area contributed by atoms with Crippen LogP contribution in [0.1, 0.15) is 26.7 Å². The molecule has 0 spiro atoms. The summed E-state index contributed by atoms with van der Waals surface area (Å²) in [6.45, 7) is 7.85. The fourth-order valence-electron chi connectivity index (χ4n) is 0.631. The second-order valence-electron chi connectivity index (χ2n) is 1.88. The van der Waals surface area contributed by atoms with Gasteiger partial charge in [0.1, 0.15) is 0 Å². The molecule has 9 heavy (non-hydrogen) atoms. The normalized spacial score (nSPS) is 8.22. The van der Waals surface area contributed by atoms with Crippen LogP contribution in [0.2, 0.25) is 0 Å². The lowest BCUT2D eigenvalue weighted by Gasteiger charge is -1.97. The van der Waals surface area contributed by atoms with E-state index in [1.54, 1.807) is 6.20 Å². The number of nitrogens with one attached hydrogen (secondary N) is 1. The molecule has 1 nitrogen and oxygen atoms in total. The zero-order chi connectivity index (χ0) is 7.11. The average molecular weight is 125 g/mol. The van der Waals surface area contributed by atoms with Crippen LogP contribution in [0.15, 0.2) is 24.6 Å². The molecule has 0 aromatic heterocycles. The Bertz CT molecular complexity index is 97.1. The van der Waals surface area contributed by atoms with E-state index >= 15 is 0 Å². The van der Waals surface area contributed by atoms with Crippen molar-refractivity contribution in [3.8, 4) is 0 Å². The molecule has 52 valence electrons. The topological polar surface area (TPSA) is 12.0 Å². The smallest absolute Gasteiger partial charge is 0.000405 e. The molecule has 0 unspecified atom stereocenters. The predicted molar refractivity (Wildman–Crippen MR) is 42.0 cm³/mol. The molecule has 0 aliphatic heterocycles. The van der Waals surface area contributed by atoms with Crippen LogP contribution in [0.3, 0.4) is 0 Å². The van der Waals surface area contributed by atoms with Crippen molar-refractivity contribution in [1.82, 2.24) is 5.32 Å². The SMILES string of the molecule is C=CNC=C(CC)CC. The molecule has 0 atom stereocenters. The van der Waals surface area contributed by atoms with Gasteiger partial charge in [0.05, 0.1) is 0 Å². The van der Waals surface area contributed by atoms with E-state index in [1.807, 2.05) is 6.20 Å². The van der Waals surface area contributed by atoms with E-state index in [0.29, 0.717) is 0 Å². The molecule has 0 amide bonds. The second-order valence-corrected chi connectivity index (χ2v) is 1.88. The minimum absolute atomic E-state index is 1.12. The van der Waals surface area contributed by atoms with E-state index in [-0.39, 0.29) is 0 Å². The molecule has 0 heterocycles. The first kappa shape index (κ1) is 8.28. The summed E-state index contributed by atoms with van der Waals surface area (Å²) in [5.74, 6) is 0. The minimum Gasteiger partial charge on any atom is -0.368 e. The highest BCUT2D eigenvalue weighted by Crippen LogP contribution is 2.02. The molecule has 0 aromatic carbocycles. The van der Waals surface area contributed by atoms with Crippen molar-refractivity contribution in [3.63, 3.8) is 0 Å². The van der Waals surface area contributed by atoms with Gasteiger partial charge in [-0.2, -0.15) is 0 Å². The largest absolute Gasteiger partial charge is 0.368 e. The Hall–Kier alpha value is -0.720. The molecule has 1 N–H and O–H groups in total. The second kappa shape index (κ2) is 5.42. The molecule has 0 aromatic rings. The molecule has 0 bridgehead atoms. The lowest BCUT2D eigenvalue weighted by molar-refractivity contribution is 0.948. The Morgan fingerprint density at radius 3 is 2.33 bits per heavy atom. The lowest BCUT2D eigenvalue weighted by Crippen LogP contribution is -1.93. The van der Waals surface area contributed by atoms with Crippen LogP contribution < -0.4 is 5.32 Å². The van der Waals surface area contributed by atoms with Crippen molar-refractivity contribution in [3.05, 3.63) is 24.6 Å². The Morgan fingerprint density at radius 2 is 2.00 bits per heavy atom. The van der Waals surface area contributed by atoms with E-state index in [9.17, 15) is 0 Å². The maximum atomic E-state index is 3.55. The van der Waals surface area contributed by atoms with Crippen LogP contribution in [0.5, 0.6) is 0 Å². The van der Waals surface area contributed by atoms with Gasteiger partial charge in [-0.15, -0.1) is 0 Å². The highest BCUT2D eigenvalue weighted by Gasteiger charge is 1.85. The third-order valence-corrected chi connectivity index (χ3v) is 1.31. The molecular formula is C8H15N. The third-order valence-electron chi connectivity index (χ3n) is 1.31. The van der Waals surface area contributed by atoms with Gasteiger partial charge in [0.2, 0.25) is 0 Å². The summed E-state index contributed by atoms with van der Waals surface area (Å²) in [5.41, 5.74) is 1.43. The first-order valence-corrected chi connectivity index (χ1v) is 3.40. The summed E-state index contributed by atoms with van der Waals surface area (Å²) in [5, 5.41) is 2.95. The highest BCUT2D eigenvalue weighted by atomic mass is 14.8. The van der Waals surface area contributed by atoms with Gasteiger partial charge in [0.15, 0.2) is 0 Å². The summed E-state index contributed by atoms with van der Waals surface area (Å²) >= 11 is 0. The molecule has 0 rings (SSSR count). The van der Waals surface area contributed by atoms with Crippen molar-refractivity contribution in [2.75, 3.05) is 0 Å². The van der Waals surface area contributed by atoms with Crippen molar-refractivity contribution in [2.24, 2.45) is 0 Å². The molecule has 0 saturated heterocycles. The maximum Gasteiger partial charge on any atom is -0.000405 e. The maximum absolute atomic E-state index is 3.55. The standard InChI is InChI=1S/C8H15N/c1-4-8(5-2)7-9-6-3/h6-7,9H,3-5H2,1-2H3. The van der Waals surface area contributed by atoms with Crippen LogP contribution in [0, 0.1) is 0 Å². The van der Waals surface area contributed by atoms with E-state index in [4.69, 9.17) is 0 Å². The summed E-state index contributed by atoms with van der Waals surface area (Å²) < 4.78 is 0. The summed E-state index contributed by atoms with van der Waals surface area (Å²) in [6.07, 6.45) is 5.94. The van der Waals surface area contributed by atoms with Gasteiger partial charge >= 0.3 is 0 Å². The molecule has 1 heteroatoms. The molecule has 0 radical (unpaired) electrons. The molecule has 0 fully saturated rings. The molecule has 0 saturated carbocycles. The van der Waals surface area contributed by atoms with Crippen LogP contribution in [0.4, 0.5) is 0 Å². The van der Waals surface area contributed by atoms with Crippen molar-refractivity contribution in [2.45, 2.75) is 26.7 Å². The average Bonchev–Trinajstić information content (AvgIpc) is 1.91. The summed E-state index contributed by atoms with van der Waals surface area (Å²) in [6, 6.07) is 0. The number of hydrogen-bond donors (Lipinski definition) is 1. The number of rotatable bonds is 4. The minimum atomic E-state index is 1.12. The Balaban J connectivity index is 3.60. The fourth-order valence-corrected chi connectivity index (χ4v) is 0.631. The van der Waals surface area contributed by atoms with E-state index in [1.165, 1.54) is 5.57 Å². The van der Waals surface area contributed by atoms with Crippen LogP contribution in [-0.4, -0.2) is 0 Å². The van der Waals surface area contributed by atoms with Gasteiger partial charge in [-0.3, -0.25) is 0 Å². The summed E-state index contributed by atoms with van der Waals surface area (Å²) in [4.78, 5) is 0. The van der Waals surface area contributed by atoms with E-state index in [0.717, 1.165) is 12.8 Å². The van der Waals surface area contributed by atoms with Gasteiger partial charge in [-0.1, -0.05) is 26.0 Å². The zero-order valence-electron chi connectivity index (χ0n) is 6.28. The number of hydrogen-bond acceptors (Lipinski definition) is 1. The van der Waals surface area contributed by atoms with Crippen LogP contribution in [0.25, 0.3) is 0 Å². The van der Waals surface area contributed by atoms with Crippen molar-refractivity contribution >= 4 is 0 Å². The van der Waals surface area contributed by atoms with Gasteiger partial charge < -0.3 is 5.32 Å². The van der Waals surface area contributed by atoms with Gasteiger partial charge in [-0.05, 0) is 25.2 Å². The third kappa shape index (κ3) is 3.83. The Labute approximate surface area is 57.5 Å². The van der Waals surface area contributed by atoms with Crippen LogP contribution >= 0.6 is 0 Å². The predicted octanol–water partition coefficient (Wildman–Crippen LogP) is 2.42. The van der Waals surface area contributed by atoms with Gasteiger partial charge in [-0.25, -0.2) is 0 Å². The zero-order valence-corrected chi connectivity index (χ0v) is 6.28. The summed E-state index contributed by atoms with van der Waals surface area (Å²) in [7, 11) is 0. The first-order valence-electron chi connectivity index (χ1n) is 3.40. The van der Waals surface area contributed by atoms with E-state index < -0.39 is 0 Å². The van der Waals surface area contributed by atoms with Crippen LogP contribution in [-0.2, 0) is 0 Å². The van der Waals surface area contributed by atoms with Crippen molar-refractivity contribution < 1.29 is 0 Å². The number of allylic oxidation sites excluding steroid dienone is 1. The Kier molecular flexibility index (Phi) is 4.98. The highest BCUT2D eigenvalue weighted by molar-refractivity contribution is 4.99. The Morgan fingerprint density at radius 1 is 1.44 bits per heavy atom. The molecule has 0 aliphatic carbocycles. The quantitative estimate of drug-likeness (QED) is 0.608. The van der Waals surface area contributed by atoms with Gasteiger partial charge in [0, 0.05) is 0 Å². The fraction of sp³-hybridized carbons (Fsp3) is 0.500. The van der Waals surface area contributed by atoms with Crippen molar-refractivity contribution in [1.29, 1.82) is 0 Å². The van der Waals surface area contributed by atoms with E-state index in [2.05, 4.69) is 25.7 Å². The lowest BCUT2D eigenvalue weighted by atomic mass is 10.2. The molecule has 0 aliphatic rings. The molecular weight excluding hydrogens is 110 g/mol. The van der Waals surface area contributed by atoms with Gasteiger partial charge in [0.25, 0.3) is 0 Å². The first-order chi connectivity index (χ1) is 4.35. The monoisotopic (exact) mass is 125 g/mol.